The molecule has 1 heterocycles. The Labute approximate surface area is 165 Å². The Morgan fingerprint density at radius 1 is 1.15 bits per heavy atom. The van der Waals surface area contributed by atoms with Gasteiger partial charge in [-0.1, -0.05) is 48.0 Å². The second-order valence-electron chi connectivity index (χ2n) is 6.89. The zero-order valence-corrected chi connectivity index (χ0v) is 15.9. The third-order valence-electron chi connectivity index (χ3n) is 4.75. The van der Waals surface area contributed by atoms with Crippen LogP contribution in [0.1, 0.15) is 24.8 Å². The highest BCUT2D eigenvalue weighted by molar-refractivity contribution is 6.30. The van der Waals surface area contributed by atoms with Crippen molar-refractivity contribution in [3.05, 3.63) is 71.3 Å². The molecule has 0 saturated carbocycles. The molecule has 1 aliphatic heterocycles. The highest BCUT2D eigenvalue weighted by atomic mass is 35.5. The smallest absolute Gasteiger partial charge is 0.246 e. The summed E-state index contributed by atoms with van der Waals surface area (Å²) in [5, 5.41) is 11.5. The molecule has 5 heteroatoms. The summed E-state index contributed by atoms with van der Waals surface area (Å²) in [6.45, 7) is 1.33. The summed E-state index contributed by atoms with van der Waals surface area (Å²) in [5.41, 5.74) is 0.0487. The Bertz CT molecular complexity index is 793. The first-order valence-corrected chi connectivity index (χ1v) is 9.55. The van der Waals surface area contributed by atoms with Crippen molar-refractivity contribution >= 4 is 23.6 Å². The molecule has 27 heavy (non-hydrogen) atoms. The Morgan fingerprint density at radius 2 is 1.96 bits per heavy atom. The summed E-state index contributed by atoms with van der Waals surface area (Å²) in [7, 11) is 0. The maximum Gasteiger partial charge on any atom is 0.246 e. The monoisotopic (exact) mass is 385 g/mol. The van der Waals surface area contributed by atoms with Crippen LogP contribution in [-0.2, 0) is 4.79 Å². The fourth-order valence-electron chi connectivity index (χ4n) is 3.16. The zero-order chi connectivity index (χ0) is 19.1. The van der Waals surface area contributed by atoms with Gasteiger partial charge >= 0.3 is 0 Å². The molecule has 142 valence electrons. The highest BCUT2D eigenvalue weighted by Crippen LogP contribution is 2.25. The predicted molar refractivity (Wildman–Crippen MR) is 108 cm³/mol. The standard InChI is InChI=1S/C22H24ClNO3/c23-19-8-4-9-20(16-19)27-17-22(26)12-5-14-24(15-13-22)21(25)11-10-18-6-2-1-3-7-18/h1-4,6-11,16,26H,5,12-15,17H2/b11-10+. The third-order valence-corrected chi connectivity index (χ3v) is 4.99. The van der Waals surface area contributed by atoms with Crippen LogP contribution in [0.4, 0.5) is 0 Å². The number of hydrogen-bond donors (Lipinski definition) is 1. The van der Waals surface area contributed by atoms with Crippen molar-refractivity contribution < 1.29 is 14.6 Å². The lowest BCUT2D eigenvalue weighted by Gasteiger charge is -2.26. The number of likely N-dealkylation sites (tertiary alicyclic amines) is 1. The first-order chi connectivity index (χ1) is 13.0. The van der Waals surface area contributed by atoms with Gasteiger partial charge in [-0.3, -0.25) is 4.79 Å². The Hall–Kier alpha value is -2.30. The number of halogens is 1. The molecular weight excluding hydrogens is 362 g/mol. The molecule has 1 unspecified atom stereocenters. The van der Waals surface area contributed by atoms with Crippen LogP contribution in [0.25, 0.3) is 6.08 Å². The van der Waals surface area contributed by atoms with E-state index in [4.69, 9.17) is 16.3 Å². The summed E-state index contributed by atoms with van der Waals surface area (Å²) < 4.78 is 5.73. The largest absolute Gasteiger partial charge is 0.491 e. The summed E-state index contributed by atoms with van der Waals surface area (Å²) >= 11 is 5.96. The van der Waals surface area contributed by atoms with E-state index in [9.17, 15) is 9.90 Å². The van der Waals surface area contributed by atoms with Crippen LogP contribution in [0, 0.1) is 0 Å². The van der Waals surface area contributed by atoms with Gasteiger partial charge in [-0.15, -0.1) is 0 Å². The van der Waals surface area contributed by atoms with Crippen LogP contribution in [0.5, 0.6) is 5.75 Å². The lowest BCUT2D eigenvalue weighted by Crippen LogP contribution is -2.38. The molecule has 0 aromatic heterocycles. The number of ether oxygens (including phenoxy) is 1. The van der Waals surface area contributed by atoms with Crippen LogP contribution in [0.2, 0.25) is 5.02 Å². The van der Waals surface area contributed by atoms with Gasteiger partial charge in [-0.05, 0) is 49.1 Å². The van der Waals surface area contributed by atoms with Crippen LogP contribution < -0.4 is 4.74 Å². The number of aliphatic hydroxyl groups is 1. The highest BCUT2D eigenvalue weighted by Gasteiger charge is 2.32. The normalized spacial score (nSPS) is 20.4. The molecule has 3 rings (SSSR count). The van der Waals surface area contributed by atoms with Crippen LogP contribution in [0.15, 0.2) is 60.7 Å². The number of rotatable bonds is 5. The SMILES string of the molecule is O=C(/C=C/c1ccccc1)N1CCCC(O)(COc2cccc(Cl)c2)CC1. The second-order valence-corrected chi connectivity index (χ2v) is 7.33. The quantitative estimate of drug-likeness (QED) is 0.785. The van der Waals surface area contributed by atoms with Crippen molar-refractivity contribution in [2.24, 2.45) is 0 Å². The molecule has 0 bridgehead atoms. The van der Waals surface area contributed by atoms with Gasteiger partial charge in [0.05, 0.1) is 0 Å². The molecule has 4 nitrogen and oxygen atoms in total. The number of nitrogens with zero attached hydrogens (tertiary/aromatic N) is 1. The van der Waals surface area contributed by atoms with Gasteiger partial charge in [0, 0.05) is 24.2 Å². The van der Waals surface area contributed by atoms with Gasteiger partial charge in [-0.25, -0.2) is 0 Å². The van der Waals surface area contributed by atoms with E-state index in [0.717, 1.165) is 12.0 Å². The molecule has 1 aliphatic rings. The van der Waals surface area contributed by atoms with Gasteiger partial charge in [0.1, 0.15) is 18.0 Å². The van der Waals surface area contributed by atoms with E-state index in [-0.39, 0.29) is 12.5 Å². The predicted octanol–water partition coefficient (Wildman–Crippen LogP) is 4.18. The number of amides is 1. The van der Waals surface area contributed by atoms with Crippen molar-refractivity contribution in [3.63, 3.8) is 0 Å². The van der Waals surface area contributed by atoms with Gasteiger partial charge < -0.3 is 14.7 Å². The molecule has 1 amide bonds. The minimum Gasteiger partial charge on any atom is -0.491 e. The summed E-state index contributed by atoms with van der Waals surface area (Å²) in [4.78, 5) is 14.3. The first-order valence-electron chi connectivity index (χ1n) is 9.17. The van der Waals surface area contributed by atoms with Crippen molar-refractivity contribution in [2.75, 3.05) is 19.7 Å². The average Bonchev–Trinajstić information content (AvgIpc) is 2.88. The van der Waals surface area contributed by atoms with E-state index < -0.39 is 5.60 Å². The van der Waals surface area contributed by atoms with E-state index in [1.807, 2.05) is 48.5 Å². The molecule has 0 aliphatic carbocycles. The number of benzene rings is 2. The lowest BCUT2D eigenvalue weighted by molar-refractivity contribution is -0.126. The van der Waals surface area contributed by atoms with E-state index in [2.05, 4.69) is 0 Å². The summed E-state index contributed by atoms with van der Waals surface area (Å²) in [6, 6.07) is 16.9. The molecular formula is C22H24ClNO3. The zero-order valence-electron chi connectivity index (χ0n) is 15.2. The first kappa shape index (κ1) is 19.5. The average molecular weight is 386 g/mol. The minimum atomic E-state index is -0.944. The molecule has 2 aromatic carbocycles. The molecule has 0 spiro atoms. The number of carbonyl (C=O) groups excluding carboxylic acids is 1. The fraction of sp³-hybridized carbons (Fsp3) is 0.318. The van der Waals surface area contributed by atoms with Gasteiger partial charge in [0.15, 0.2) is 0 Å². The Morgan fingerprint density at radius 3 is 2.74 bits per heavy atom. The van der Waals surface area contributed by atoms with Gasteiger partial charge in [-0.2, -0.15) is 0 Å². The van der Waals surface area contributed by atoms with Crippen molar-refractivity contribution in [1.82, 2.24) is 4.90 Å². The molecule has 2 aromatic rings. The Balaban J connectivity index is 1.54. The van der Waals surface area contributed by atoms with Gasteiger partial charge in [0.25, 0.3) is 0 Å². The molecule has 1 saturated heterocycles. The summed E-state index contributed by atoms with van der Waals surface area (Å²) in [6.07, 6.45) is 5.24. The summed E-state index contributed by atoms with van der Waals surface area (Å²) in [5.74, 6) is 0.609. The molecule has 0 radical (unpaired) electrons. The van der Waals surface area contributed by atoms with E-state index in [1.165, 1.54) is 0 Å². The number of hydrogen-bond acceptors (Lipinski definition) is 3. The maximum absolute atomic E-state index is 12.5. The molecule has 1 atom stereocenters. The molecule has 1 N–H and O–H groups in total. The van der Waals surface area contributed by atoms with Crippen LogP contribution in [-0.4, -0.2) is 41.2 Å². The second kappa shape index (κ2) is 9.07. The minimum absolute atomic E-state index is 0.0288. The molecule has 1 fully saturated rings. The van der Waals surface area contributed by atoms with E-state index in [1.54, 1.807) is 23.1 Å². The van der Waals surface area contributed by atoms with Crippen LogP contribution >= 0.6 is 11.6 Å². The van der Waals surface area contributed by atoms with Crippen molar-refractivity contribution in [2.45, 2.75) is 24.9 Å². The number of carbonyl (C=O) groups is 1. The van der Waals surface area contributed by atoms with Crippen molar-refractivity contribution in [3.8, 4) is 5.75 Å². The van der Waals surface area contributed by atoms with Crippen molar-refractivity contribution in [1.29, 1.82) is 0 Å². The van der Waals surface area contributed by atoms with E-state index >= 15 is 0 Å². The van der Waals surface area contributed by atoms with Gasteiger partial charge in [0.2, 0.25) is 5.91 Å². The Kier molecular flexibility index (Phi) is 6.54. The lowest BCUT2D eigenvalue weighted by atomic mass is 9.96. The van der Waals surface area contributed by atoms with Crippen LogP contribution in [0.3, 0.4) is 0 Å². The third kappa shape index (κ3) is 5.84. The van der Waals surface area contributed by atoms with E-state index in [0.29, 0.717) is 36.7 Å². The fourth-order valence-corrected chi connectivity index (χ4v) is 3.34. The maximum atomic E-state index is 12.5. The topological polar surface area (TPSA) is 49.8 Å².